The summed E-state index contributed by atoms with van der Waals surface area (Å²) in [6.45, 7) is 5.83. The smallest absolute Gasteiger partial charge is 0.419 e. The van der Waals surface area contributed by atoms with Crippen molar-refractivity contribution in [3.8, 4) is 28.7 Å². The second-order valence-electron chi connectivity index (χ2n) is 12.0. The average Bonchev–Trinajstić information content (AvgIpc) is 3.04. The van der Waals surface area contributed by atoms with Crippen molar-refractivity contribution in [2.24, 2.45) is 0 Å². The van der Waals surface area contributed by atoms with Crippen LogP contribution in [0.1, 0.15) is 48.9 Å². The molecule has 234 valence electrons. The van der Waals surface area contributed by atoms with Gasteiger partial charge in [-0.25, -0.2) is 9.59 Å². The van der Waals surface area contributed by atoms with E-state index in [1.807, 2.05) is 72.8 Å². The Morgan fingerprint density at radius 2 is 1.54 bits per heavy atom. The lowest BCUT2D eigenvalue weighted by Gasteiger charge is -2.28. The van der Waals surface area contributed by atoms with E-state index in [4.69, 9.17) is 19.5 Å². The molecule has 0 aliphatic carbocycles. The molecule has 2 amide bonds. The SMILES string of the molecule is CC(C)(C)OC(=O)C(CNC(=O)OC(=O)N1CCc2ccc(Oc3ccc(C#N)cc3)cc2C1)c1ccc(-c2ccccc2)cc1. The van der Waals surface area contributed by atoms with E-state index in [1.165, 1.54) is 4.90 Å². The van der Waals surface area contributed by atoms with E-state index in [1.54, 1.807) is 45.0 Å². The van der Waals surface area contributed by atoms with E-state index in [0.29, 0.717) is 35.6 Å². The van der Waals surface area contributed by atoms with Crippen LogP contribution in [0.25, 0.3) is 11.1 Å². The molecule has 0 saturated heterocycles. The first-order valence-corrected chi connectivity index (χ1v) is 15.0. The van der Waals surface area contributed by atoms with Gasteiger partial charge in [-0.1, -0.05) is 60.7 Å². The lowest BCUT2D eigenvalue weighted by molar-refractivity contribution is -0.156. The van der Waals surface area contributed by atoms with Crippen molar-refractivity contribution in [1.29, 1.82) is 5.26 Å². The second-order valence-corrected chi connectivity index (χ2v) is 12.0. The number of carbonyl (C=O) groups is 3. The van der Waals surface area contributed by atoms with Gasteiger partial charge in [-0.05, 0) is 91.4 Å². The van der Waals surface area contributed by atoms with Gasteiger partial charge in [0.25, 0.3) is 0 Å². The van der Waals surface area contributed by atoms with Crippen molar-refractivity contribution in [3.63, 3.8) is 0 Å². The second kappa shape index (κ2) is 14.0. The van der Waals surface area contributed by atoms with Crippen LogP contribution in [0.4, 0.5) is 9.59 Å². The molecule has 0 radical (unpaired) electrons. The zero-order valence-electron chi connectivity index (χ0n) is 26.0. The third kappa shape index (κ3) is 8.30. The number of hydrogen-bond donors (Lipinski definition) is 1. The Hall–Kier alpha value is -5.62. The minimum atomic E-state index is -0.955. The van der Waals surface area contributed by atoms with E-state index in [0.717, 1.165) is 22.3 Å². The van der Waals surface area contributed by atoms with Crippen molar-refractivity contribution in [2.75, 3.05) is 13.1 Å². The number of benzene rings is 4. The molecule has 1 aliphatic rings. The Morgan fingerprint density at radius 1 is 0.870 bits per heavy atom. The van der Waals surface area contributed by atoms with Crippen LogP contribution in [0.5, 0.6) is 11.5 Å². The van der Waals surface area contributed by atoms with E-state index >= 15 is 0 Å². The molecule has 1 atom stereocenters. The maximum absolute atomic E-state index is 13.2. The first kappa shape index (κ1) is 31.8. The minimum absolute atomic E-state index is 0.120. The first-order chi connectivity index (χ1) is 22.1. The summed E-state index contributed by atoms with van der Waals surface area (Å²) in [5, 5.41) is 11.6. The van der Waals surface area contributed by atoms with Gasteiger partial charge in [-0.3, -0.25) is 4.79 Å². The third-order valence-corrected chi connectivity index (χ3v) is 7.41. The predicted octanol–water partition coefficient (Wildman–Crippen LogP) is 7.35. The normalized spacial score (nSPS) is 13.0. The molecule has 1 N–H and O–H groups in total. The maximum Gasteiger partial charge on any atom is 0.419 e. The van der Waals surface area contributed by atoms with Gasteiger partial charge in [0.15, 0.2) is 0 Å². The maximum atomic E-state index is 13.2. The van der Waals surface area contributed by atoms with Gasteiger partial charge in [-0.15, -0.1) is 0 Å². The highest BCUT2D eigenvalue weighted by molar-refractivity contribution is 5.85. The Bertz CT molecular complexity index is 1740. The average molecular weight is 618 g/mol. The topological polar surface area (TPSA) is 118 Å². The largest absolute Gasteiger partial charge is 0.459 e. The molecule has 4 aromatic carbocycles. The van der Waals surface area contributed by atoms with Gasteiger partial charge in [0.1, 0.15) is 17.1 Å². The summed E-state index contributed by atoms with van der Waals surface area (Å²) < 4.78 is 16.7. The molecule has 9 heteroatoms. The summed E-state index contributed by atoms with van der Waals surface area (Å²) in [4.78, 5) is 40.3. The van der Waals surface area contributed by atoms with E-state index < -0.39 is 29.7 Å². The van der Waals surface area contributed by atoms with E-state index in [9.17, 15) is 14.4 Å². The molecular formula is C37H35N3O6. The number of alkyl carbamates (subject to hydrolysis) is 1. The zero-order chi connectivity index (χ0) is 32.7. The quantitative estimate of drug-likeness (QED) is 0.170. The Morgan fingerprint density at radius 3 is 2.22 bits per heavy atom. The number of nitrogens with zero attached hydrogens (tertiary/aromatic N) is 2. The van der Waals surface area contributed by atoms with Gasteiger partial charge in [-0.2, -0.15) is 5.26 Å². The molecule has 0 fully saturated rings. The number of nitrogens with one attached hydrogen (secondary N) is 1. The molecular weight excluding hydrogens is 582 g/mol. The molecule has 46 heavy (non-hydrogen) atoms. The number of fused-ring (bicyclic) bond motifs is 1. The van der Waals surface area contributed by atoms with Gasteiger partial charge >= 0.3 is 18.2 Å². The third-order valence-electron chi connectivity index (χ3n) is 7.41. The van der Waals surface area contributed by atoms with Crippen LogP contribution in [-0.2, 0) is 27.2 Å². The minimum Gasteiger partial charge on any atom is -0.459 e. The summed E-state index contributed by atoms with van der Waals surface area (Å²) in [5.74, 6) is -0.151. The lowest BCUT2D eigenvalue weighted by atomic mass is 9.96. The van der Waals surface area contributed by atoms with Crippen LogP contribution in [0.2, 0.25) is 0 Å². The molecule has 0 saturated carbocycles. The summed E-state index contributed by atoms with van der Waals surface area (Å²) in [6, 6.07) is 31.9. The molecule has 4 aromatic rings. The fraction of sp³-hybridized carbons (Fsp3) is 0.243. The highest BCUT2D eigenvalue weighted by Crippen LogP contribution is 2.28. The number of esters is 1. The molecule has 1 heterocycles. The number of nitriles is 1. The molecule has 9 nitrogen and oxygen atoms in total. The van der Waals surface area contributed by atoms with Gasteiger partial charge in [0.05, 0.1) is 17.6 Å². The van der Waals surface area contributed by atoms with E-state index in [2.05, 4.69) is 11.4 Å². The summed E-state index contributed by atoms with van der Waals surface area (Å²) in [5.41, 5.74) is 4.44. The van der Waals surface area contributed by atoms with Gasteiger partial charge < -0.3 is 24.4 Å². The molecule has 1 aliphatic heterocycles. The molecule has 0 aromatic heterocycles. The number of rotatable bonds is 7. The molecule has 0 bridgehead atoms. The highest BCUT2D eigenvalue weighted by Gasteiger charge is 2.29. The Balaban J connectivity index is 1.20. The zero-order valence-corrected chi connectivity index (χ0v) is 26.0. The number of ether oxygens (including phenoxy) is 3. The Labute approximate surface area is 268 Å². The fourth-order valence-corrected chi connectivity index (χ4v) is 5.10. The lowest BCUT2D eigenvalue weighted by Crippen LogP contribution is -2.41. The van der Waals surface area contributed by atoms with Crippen molar-refractivity contribution >= 4 is 18.2 Å². The van der Waals surface area contributed by atoms with Crippen LogP contribution in [0.3, 0.4) is 0 Å². The van der Waals surface area contributed by atoms with Crippen molar-refractivity contribution in [1.82, 2.24) is 10.2 Å². The predicted molar refractivity (Wildman–Crippen MR) is 172 cm³/mol. The number of amides is 2. The van der Waals surface area contributed by atoms with Crippen molar-refractivity contribution < 1.29 is 28.6 Å². The van der Waals surface area contributed by atoms with Gasteiger partial charge in [0, 0.05) is 19.6 Å². The van der Waals surface area contributed by atoms with Crippen LogP contribution >= 0.6 is 0 Å². The van der Waals surface area contributed by atoms with Crippen LogP contribution in [0.15, 0.2) is 97.1 Å². The van der Waals surface area contributed by atoms with Crippen molar-refractivity contribution in [3.05, 3.63) is 119 Å². The molecule has 5 rings (SSSR count). The van der Waals surface area contributed by atoms with Gasteiger partial charge in [0.2, 0.25) is 0 Å². The fourth-order valence-electron chi connectivity index (χ4n) is 5.10. The monoisotopic (exact) mass is 617 g/mol. The van der Waals surface area contributed by atoms with Crippen molar-refractivity contribution in [2.45, 2.75) is 45.3 Å². The molecule has 1 unspecified atom stereocenters. The standard InChI is InChI=1S/C37H35N3O6/c1-37(2,3)46-34(41)33(29-13-11-27(12-14-29)26-7-5-4-6-8-26)23-39-35(42)45-36(43)40-20-19-28-15-18-32(21-30(28)24-40)44-31-16-9-25(22-38)10-17-31/h4-18,21,33H,19-20,23-24H2,1-3H3,(H,39,42). The Kier molecular flexibility index (Phi) is 9.67. The van der Waals surface area contributed by atoms with Crippen LogP contribution in [-0.4, -0.2) is 41.7 Å². The number of hydrogen-bond acceptors (Lipinski definition) is 7. The van der Waals surface area contributed by atoms with Crippen LogP contribution in [0, 0.1) is 11.3 Å². The van der Waals surface area contributed by atoms with E-state index in [-0.39, 0.29) is 13.1 Å². The highest BCUT2D eigenvalue weighted by atomic mass is 16.6. The van der Waals surface area contributed by atoms with Crippen LogP contribution < -0.4 is 10.1 Å². The summed E-state index contributed by atoms with van der Waals surface area (Å²) >= 11 is 0. The number of carbonyl (C=O) groups excluding carboxylic acids is 3. The first-order valence-electron chi connectivity index (χ1n) is 15.0. The summed E-state index contributed by atoms with van der Waals surface area (Å²) in [6.07, 6.45) is -1.16. The summed E-state index contributed by atoms with van der Waals surface area (Å²) in [7, 11) is 0. The molecule has 0 spiro atoms.